The average molecular weight is 320 g/mol. The maximum atomic E-state index is 11.6. The zero-order valence-corrected chi connectivity index (χ0v) is 13.0. The zero-order valence-electron chi connectivity index (χ0n) is 13.0. The Bertz CT molecular complexity index is 623. The molecule has 23 heavy (non-hydrogen) atoms. The summed E-state index contributed by atoms with van der Waals surface area (Å²) in [6.07, 6.45) is 1.24. The van der Waals surface area contributed by atoms with Crippen molar-refractivity contribution < 1.29 is 24.2 Å². The highest BCUT2D eigenvalue weighted by atomic mass is 16.6. The lowest BCUT2D eigenvalue weighted by Gasteiger charge is -2.37. The molecule has 1 aromatic carbocycles. The van der Waals surface area contributed by atoms with Crippen LogP contribution in [0.4, 0.5) is 4.79 Å². The normalized spacial score (nSPS) is 20.1. The standard InChI is InChI=1S/C16H20N2O5/c1-22-14(20)12-8-11(2-3-13(12)19)9-18-6-4-16(5-7-18)10-17-15(21)23-16/h2-3,8,19H,4-7,9-10H2,1H3,(H,17,21). The van der Waals surface area contributed by atoms with Gasteiger partial charge in [-0.2, -0.15) is 0 Å². The van der Waals surface area contributed by atoms with E-state index in [1.54, 1.807) is 12.1 Å². The Morgan fingerprint density at radius 3 is 2.78 bits per heavy atom. The predicted molar refractivity (Wildman–Crippen MR) is 81.2 cm³/mol. The number of likely N-dealkylation sites (tertiary alicyclic amines) is 1. The summed E-state index contributed by atoms with van der Waals surface area (Å²) >= 11 is 0. The van der Waals surface area contributed by atoms with Crippen LogP contribution in [-0.2, 0) is 16.0 Å². The number of aromatic hydroxyl groups is 1. The van der Waals surface area contributed by atoms with Crippen molar-refractivity contribution in [1.82, 2.24) is 10.2 Å². The SMILES string of the molecule is COC(=O)c1cc(CN2CCC3(CC2)CNC(=O)O3)ccc1O. The first-order chi connectivity index (χ1) is 11.0. The van der Waals surface area contributed by atoms with Crippen molar-refractivity contribution in [3.8, 4) is 5.75 Å². The van der Waals surface area contributed by atoms with Gasteiger partial charge < -0.3 is 19.9 Å². The third-order valence-corrected chi connectivity index (χ3v) is 4.50. The van der Waals surface area contributed by atoms with Gasteiger partial charge in [0.05, 0.1) is 13.7 Å². The molecule has 2 heterocycles. The molecule has 2 N–H and O–H groups in total. The zero-order chi connectivity index (χ0) is 16.4. The van der Waals surface area contributed by atoms with E-state index in [0.29, 0.717) is 13.1 Å². The van der Waals surface area contributed by atoms with Crippen LogP contribution >= 0.6 is 0 Å². The average Bonchev–Trinajstić information content (AvgIpc) is 2.91. The Kier molecular flexibility index (Phi) is 4.12. The van der Waals surface area contributed by atoms with Gasteiger partial charge in [0.1, 0.15) is 16.9 Å². The lowest BCUT2D eigenvalue weighted by molar-refractivity contribution is -0.00101. The molecule has 1 amide bonds. The van der Waals surface area contributed by atoms with Crippen LogP contribution in [0.25, 0.3) is 0 Å². The molecule has 3 rings (SSSR count). The molecule has 2 aliphatic heterocycles. The van der Waals surface area contributed by atoms with Crippen molar-refractivity contribution in [1.29, 1.82) is 0 Å². The Labute approximate surface area is 134 Å². The van der Waals surface area contributed by atoms with Crippen molar-refractivity contribution >= 4 is 12.1 Å². The second-order valence-electron chi connectivity index (χ2n) is 6.05. The Morgan fingerprint density at radius 1 is 1.43 bits per heavy atom. The van der Waals surface area contributed by atoms with Gasteiger partial charge in [-0.1, -0.05) is 6.07 Å². The number of phenolic OH excluding ortho intramolecular Hbond substituents is 1. The number of carbonyl (C=O) groups excluding carboxylic acids is 2. The number of nitrogens with one attached hydrogen (secondary N) is 1. The summed E-state index contributed by atoms with van der Waals surface area (Å²) in [7, 11) is 1.29. The van der Waals surface area contributed by atoms with Gasteiger partial charge in [0.15, 0.2) is 0 Å². The molecular formula is C16H20N2O5. The fraction of sp³-hybridized carbons (Fsp3) is 0.500. The van der Waals surface area contributed by atoms with Crippen LogP contribution in [-0.4, -0.2) is 54.4 Å². The van der Waals surface area contributed by atoms with Crippen LogP contribution in [0.2, 0.25) is 0 Å². The number of carbonyl (C=O) groups is 2. The number of alkyl carbamates (subject to hydrolysis) is 1. The van der Waals surface area contributed by atoms with Crippen LogP contribution < -0.4 is 5.32 Å². The molecule has 1 aromatic rings. The maximum Gasteiger partial charge on any atom is 0.407 e. The number of methoxy groups -OCH3 is 1. The molecule has 2 aliphatic rings. The Morgan fingerprint density at radius 2 is 2.17 bits per heavy atom. The predicted octanol–water partition coefficient (Wildman–Crippen LogP) is 1.25. The van der Waals surface area contributed by atoms with Gasteiger partial charge in [0.2, 0.25) is 0 Å². The highest BCUT2D eigenvalue weighted by Crippen LogP contribution is 2.30. The summed E-state index contributed by atoms with van der Waals surface area (Å²) in [5.41, 5.74) is 0.743. The molecule has 7 heteroatoms. The molecule has 124 valence electrons. The molecule has 0 radical (unpaired) electrons. The number of benzene rings is 1. The molecule has 7 nitrogen and oxygen atoms in total. The molecule has 0 aliphatic carbocycles. The third-order valence-electron chi connectivity index (χ3n) is 4.50. The van der Waals surface area contributed by atoms with Crippen LogP contribution in [0, 0.1) is 0 Å². The number of phenols is 1. The van der Waals surface area contributed by atoms with Gasteiger partial charge in [-0.05, 0) is 17.7 Å². The first-order valence-corrected chi connectivity index (χ1v) is 7.61. The third kappa shape index (κ3) is 3.24. The molecule has 0 unspecified atom stereocenters. The summed E-state index contributed by atoms with van der Waals surface area (Å²) in [6.45, 7) is 2.86. The highest BCUT2D eigenvalue weighted by Gasteiger charge is 2.42. The van der Waals surface area contributed by atoms with Gasteiger partial charge in [-0.3, -0.25) is 4.90 Å². The second-order valence-corrected chi connectivity index (χ2v) is 6.05. The summed E-state index contributed by atoms with van der Waals surface area (Å²) in [4.78, 5) is 25.1. The lowest BCUT2D eigenvalue weighted by atomic mass is 9.91. The van der Waals surface area contributed by atoms with Crippen LogP contribution in [0.5, 0.6) is 5.75 Å². The van der Waals surface area contributed by atoms with Crippen molar-refractivity contribution in [2.75, 3.05) is 26.7 Å². The number of nitrogens with zero attached hydrogens (tertiary/aromatic N) is 1. The van der Waals surface area contributed by atoms with Gasteiger partial charge in [0.25, 0.3) is 0 Å². The van der Waals surface area contributed by atoms with Crippen LogP contribution in [0.1, 0.15) is 28.8 Å². The fourth-order valence-electron chi connectivity index (χ4n) is 3.11. The molecule has 0 bridgehead atoms. The Hall–Kier alpha value is -2.28. The summed E-state index contributed by atoms with van der Waals surface area (Å²) < 4.78 is 10.1. The number of hydrogen-bond acceptors (Lipinski definition) is 6. The minimum atomic E-state index is -0.550. The maximum absolute atomic E-state index is 11.6. The fourth-order valence-corrected chi connectivity index (χ4v) is 3.11. The number of rotatable bonds is 3. The van der Waals surface area contributed by atoms with E-state index in [0.717, 1.165) is 31.5 Å². The van der Waals surface area contributed by atoms with Gasteiger partial charge in [-0.15, -0.1) is 0 Å². The van der Waals surface area contributed by atoms with Crippen molar-refractivity contribution in [2.45, 2.75) is 25.0 Å². The van der Waals surface area contributed by atoms with Crippen molar-refractivity contribution in [2.24, 2.45) is 0 Å². The van der Waals surface area contributed by atoms with Crippen LogP contribution in [0.3, 0.4) is 0 Å². The van der Waals surface area contributed by atoms with Crippen molar-refractivity contribution in [3.63, 3.8) is 0 Å². The summed E-state index contributed by atoms with van der Waals surface area (Å²) in [5.74, 6) is -0.631. The first kappa shape index (κ1) is 15.6. The molecule has 2 saturated heterocycles. The molecule has 0 aromatic heterocycles. The molecule has 1 spiro atoms. The number of amides is 1. The monoisotopic (exact) mass is 320 g/mol. The number of piperidine rings is 1. The quantitative estimate of drug-likeness (QED) is 0.815. The molecule has 0 saturated carbocycles. The largest absolute Gasteiger partial charge is 0.507 e. The van der Waals surface area contributed by atoms with E-state index < -0.39 is 5.97 Å². The number of esters is 1. The highest BCUT2D eigenvalue weighted by molar-refractivity contribution is 5.92. The summed E-state index contributed by atoms with van der Waals surface area (Å²) in [6, 6.07) is 4.96. The van der Waals surface area contributed by atoms with E-state index in [2.05, 4.69) is 15.0 Å². The Balaban J connectivity index is 1.63. The molecule has 0 atom stereocenters. The van der Waals surface area contributed by atoms with E-state index in [-0.39, 0.29) is 23.0 Å². The molecular weight excluding hydrogens is 300 g/mol. The van der Waals surface area contributed by atoms with Gasteiger partial charge >= 0.3 is 12.1 Å². The van der Waals surface area contributed by atoms with Gasteiger partial charge in [0, 0.05) is 32.5 Å². The second kappa shape index (κ2) is 6.08. The first-order valence-electron chi connectivity index (χ1n) is 7.61. The lowest BCUT2D eigenvalue weighted by Crippen LogP contribution is -2.46. The smallest absolute Gasteiger partial charge is 0.407 e. The number of hydrogen-bond donors (Lipinski definition) is 2. The minimum absolute atomic E-state index is 0.0814. The van der Waals surface area contributed by atoms with E-state index in [1.165, 1.54) is 13.2 Å². The van der Waals surface area contributed by atoms with Gasteiger partial charge in [-0.25, -0.2) is 9.59 Å². The summed E-state index contributed by atoms with van der Waals surface area (Å²) in [5, 5.41) is 12.5. The van der Waals surface area contributed by atoms with Crippen molar-refractivity contribution in [3.05, 3.63) is 29.3 Å². The van der Waals surface area contributed by atoms with E-state index in [1.807, 2.05) is 0 Å². The number of ether oxygens (including phenoxy) is 2. The molecule has 2 fully saturated rings. The van der Waals surface area contributed by atoms with E-state index >= 15 is 0 Å². The van der Waals surface area contributed by atoms with E-state index in [4.69, 9.17) is 4.74 Å². The minimum Gasteiger partial charge on any atom is -0.507 e. The topological polar surface area (TPSA) is 88.1 Å². The van der Waals surface area contributed by atoms with Crippen LogP contribution in [0.15, 0.2) is 18.2 Å². The van der Waals surface area contributed by atoms with E-state index in [9.17, 15) is 14.7 Å².